The maximum absolute atomic E-state index is 10.7. The molecule has 0 aromatic carbocycles. The third kappa shape index (κ3) is 3.24. The second-order valence-corrected chi connectivity index (χ2v) is 4.26. The zero-order chi connectivity index (χ0) is 9.90. The van der Waals surface area contributed by atoms with Crippen LogP contribution in [0.3, 0.4) is 0 Å². The monoisotopic (exact) mass is 202 g/mol. The van der Waals surface area contributed by atoms with Crippen molar-refractivity contribution in [1.82, 2.24) is 15.0 Å². The number of aromatic amines is 1. The average molecular weight is 202 g/mol. The van der Waals surface area contributed by atoms with Gasteiger partial charge in [-0.2, -0.15) is 10.2 Å². The van der Waals surface area contributed by atoms with Gasteiger partial charge in [-0.1, -0.05) is 0 Å². The highest BCUT2D eigenvalue weighted by Crippen LogP contribution is 1.93. The van der Waals surface area contributed by atoms with Gasteiger partial charge in [0.1, 0.15) is 0 Å². The quantitative estimate of drug-likeness (QED) is 0.520. The molecule has 1 rings (SSSR count). The third-order valence-electron chi connectivity index (χ3n) is 1.27. The predicted molar refractivity (Wildman–Crippen MR) is 48.8 cm³/mol. The Kier molecular flexibility index (Phi) is 2.66. The van der Waals surface area contributed by atoms with Gasteiger partial charge < -0.3 is 0 Å². The molecule has 1 heterocycles. The number of H-pyrrole nitrogens is 1. The van der Waals surface area contributed by atoms with Gasteiger partial charge in [0.25, 0.3) is 0 Å². The lowest BCUT2D eigenvalue weighted by Gasteiger charge is -1.97. The molecule has 0 amide bonds. The zero-order valence-corrected chi connectivity index (χ0v) is 8.09. The maximum Gasteiger partial charge on any atom is 0.244 e. The van der Waals surface area contributed by atoms with Crippen LogP contribution in [0.25, 0.3) is 0 Å². The van der Waals surface area contributed by atoms with Crippen molar-refractivity contribution in [3.8, 4) is 0 Å². The third-order valence-corrected chi connectivity index (χ3v) is 1.69. The molecule has 0 spiro atoms. The van der Waals surface area contributed by atoms with Crippen LogP contribution in [0.4, 0.5) is 0 Å². The smallest absolute Gasteiger partial charge is 0.244 e. The van der Waals surface area contributed by atoms with Gasteiger partial charge in [0.2, 0.25) is 10.0 Å². The van der Waals surface area contributed by atoms with Crippen molar-refractivity contribution in [1.29, 1.82) is 0 Å². The van der Waals surface area contributed by atoms with E-state index in [1.807, 2.05) is 4.83 Å². The summed E-state index contributed by atoms with van der Waals surface area (Å²) in [5.74, 6) is 0. The highest BCUT2D eigenvalue weighted by atomic mass is 32.2. The van der Waals surface area contributed by atoms with Crippen LogP contribution in [0, 0.1) is 0 Å². The van der Waals surface area contributed by atoms with Crippen LogP contribution in [0.5, 0.6) is 0 Å². The van der Waals surface area contributed by atoms with Crippen molar-refractivity contribution >= 4 is 15.7 Å². The summed E-state index contributed by atoms with van der Waals surface area (Å²) in [6, 6.07) is 1.70. The molecule has 72 valence electrons. The molecule has 0 unspecified atom stereocenters. The van der Waals surface area contributed by atoms with Crippen molar-refractivity contribution < 1.29 is 8.42 Å². The number of hydrogen-bond donors (Lipinski definition) is 2. The molecule has 0 radical (unpaired) electrons. The van der Waals surface area contributed by atoms with E-state index >= 15 is 0 Å². The molecule has 1 aromatic rings. The second-order valence-electron chi connectivity index (χ2n) is 2.53. The van der Waals surface area contributed by atoms with Crippen molar-refractivity contribution in [2.75, 3.05) is 6.26 Å². The Balaban J connectivity index is 2.74. The number of aromatic nitrogens is 2. The largest absolute Gasteiger partial charge is 0.277 e. The standard InChI is InChI=1S/C6H10N4O2S/c1-5(6-3-4-7-9-6)8-10-13(2,11)12/h3-4,10H,1-2H3,(H,7,9)/b8-5-. The summed E-state index contributed by atoms with van der Waals surface area (Å²) in [5, 5.41) is 10.0. The minimum Gasteiger partial charge on any atom is -0.277 e. The van der Waals surface area contributed by atoms with E-state index in [1.54, 1.807) is 19.2 Å². The molecule has 0 fully saturated rings. The molecule has 0 atom stereocenters. The Morgan fingerprint density at radius 3 is 2.85 bits per heavy atom. The normalized spacial score (nSPS) is 12.9. The Morgan fingerprint density at radius 2 is 2.38 bits per heavy atom. The van der Waals surface area contributed by atoms with Gasteiger partial charge >= 0.3 is 0 Å². The lowest BCUT2D eigenvalue weighted by molar-refractivity contribution is 0.590. The van der Waals surface area contributed by atoms with Crippen molar-refractivity contribution in [2.45, 2.75) is 6.92 Å². The Bertz CT molecular complexity index is 392. The van der Waals surface area contributed by atoms with Crippen molar-refractivity contribution in [3.05, 3.63) is 18.0 Å². The first-order valence-electron chi connectivity index (χ1n) is 3.50. The molecule has 0 aliphatic rings. The number of rotatable bonds is 3. The van der Waals surface area contributed by atoms with Gasteiger partial charge in [-0.25, -0.2) is 13.2 Å². The number of nitrogens with one attached hydrogen (secondary N) is 2. The first-order valence-corrected chi connectivity index (χ1v) is 5.39. The lowest BCUT2D eigenvalue weighted by atomic mass is 10.3. The van der Waals surface area contributed by atoms with E-state index in [9.17, 15) is 8.42 Å². The molecule has 1 aromatic heterocycles. The van der Waals surface area contributed by atoms with Gasteiger partial charge in [0.05, 0.1) is 17.7 Å². The molecule has 0 saturated carbocycles. The fraction of sp³-hybridized carbons (Fsp3) is 0.333. The molecule has 6 nitrogen and oxygen atoms in total. The van der Waals surface area contributed by atoms with Crippen LogP contribution in [0.15, 0.2) is 17.4 Å². The van der Waals surface area contributed by atoms with Crippen LogP contribution in [-0.4, -0.2) is 30.6 Å². The fourth-order valence-electron chi connectivity index (χ4n) is 0.669. The molecule has 0 aliphatic carbocycles. The number of nitrogens with zero attached hydrogens (tertiary/aromatic N) is 2. The molecular formula is C6H10N4O2S. The highest BCUT2D eigenvalue weighted by Gasteiger charge is 2.00. The number of sulfonamides is 1. The summed E-state index contributed by atoms with van der Waals surface area (Å²) < 4.78 is 21.3. The first-order chi connectivity index (χ1) is 5.99. The zero-order valence-electron chi connectivity index (χ0n) is 7.27. The van der Waals surface area contributed by atoms with Crippen molar-refractivity contribution in [3.63, 3.8) is 0 Å². The Morgan fingerprint density at radius 1 is 1.69 bits per heavy atom. The summed E-state index contributed by atoms with van der Waals surface area (Å²) in [6.07, 6.45) is 2.60. The van der Waals surface area contributed by atoms with E-state index in [2.05, 4.69) is 15.3 Å². The van der Waals surface area contributed by atoms with E-state index in [1.165, 1.54) is 0 Å². The summed E-state index contributed by atoms with van der Waals surface area (Å²) in [6.45, 7) is 1.67. The van der Waals surface area contributed by atoms with Crippen LogP contribution in [0.1, 0.15) is 12.6 Å². The lowest BCUT2D eigenvalue weighted by Crippen LogP contribution is -2.17. The van der Waals surface area contributed by atoms with Gasteiger partial charge in [-0.15, -0.1) is 0 Å². The van der Waals surface area contributed by atoms with Crippen LogP contribution < -0.4 is 4.83 Å². The minimum absolute atomic E-state index is 0.530. The van der Waals surface area contributed by atoms with E-state index in [4.69, 9.17) is 0 Å². The van der Waals surface area contributed by atoms with Crippen molar-refractivity contribution in [2.24, 2.45) is 5.10 Å². The van der Waals surface area contributed by atoms with Gasteiger partial charge in [-0.05, 0) is 13.0 Å². The molecule has 13 heavy (non-hydrogen) atoms. The van der Waals surface area contributed by atoms with E-state index in [0.29, 0.717) is 11.4 Å². The Hall–Kier alpha value is -1.37. The SMILES string of the molecule is C/C(=N/NS(C)(=O)=O)c1ccn[nH]1. The average Bonchev–Trinajstić information content (AvgIpc) is 2.50. The van der Waals surface area contributed by atoms with Gasteiger partial charge in [0.15, 0.2) is 0 Å². The molecule has 2 N–H and O–H groups in total. The number of hydrazone groups is 1. The Labute approximate surface area is 76.1 Å². The van der Waals surface area contributed by atoms with E-state index < -0.39 is 10.0 Å². The molecule has 7 heteroatoms. The number of hydrogen-bond acceptors (Lipinski definition) is 4. The molecule has 0 saturated heterocycles. The summed E-state index contributed by atoms with van der Waals surface area (Å²) in [7, 11) is -3.28. The molecule has 0 bridgehead atoms. The van der Waals surface area contributed by atoms with Crippen LogP contribution in [-0.2, 0) is 10.0 Å². The summed E-state index contributed by atoms with van der Waals surface area (Å²) >= 11 is 0. The van der Waals surface area contributed by atoms with E-state index in [-0.39, 0.29) is 0 Å². The predicted octanol–water partition coefficient (Wildman–Crippen LogP) is -0.317. The first kappa shape index (κ1) is 9.72. The fourth-order valence-corrected chi connectivity index (χ4v) is 0.972. The molecule has 0 aliphatic heterocycles. The van der Waals surface area contributed by atoms with Crippen LogP contribution in [0.2, 0.25) is 0 Å². The summed E-state index contributed by atoms with van der Waals surface area (Å²) in [5.41, 5.74) is 1.21. The minimum atomic E-state index is -3.28. The topological polar surface area (TPSA) is 87.2 Å². The van der Waals surface area contributed by atoms with E-state index in [0.717, 1.165) is 6.26 Å². The van der Waals surface area contributed by atoms with Gasteiger partial charge in [0, 0.05) is 6.20 Å². The summed E-state index contributed by atoms with van der Waals surface area (Å²) in [4.78, 5) is 2.02. The van der Waals surface area contributed by atoms with Gasteiger partial charge in [-0.3, -0.25) is 5.10 Å². The van der Waals surface area contributed by atoms with Crippen LogP contribution >= 0.6 is 0 Å². The highest BCUT2D eigenvalue weighted by molar-refractivity contribution is 7.88. The second kappa shape index (κ2) is 3.56. The maximum atomic E-state index is 10.7. The molecular weight excluding hydrogens is 192 g/mol.